The van der Waals surface area contributed by atoms with E-state index in [9.17, 15) is 9.90 Å². The minimum atomic E-state index is -0.331. The number of amides is 1. The highest BCUT2D eigenvalue weighted by atomic mass is 16.3. The molecule has 1 aromatic heterocycles. The van der Waals surface area contributed by atoms with Gasteiger partial charge in [-0.05, 0) is 24.5 Å². The Balaban J connectivity index is 1.80. The van der Waals surface area contributed by atoms with Crippen LogP contribution in [-0.4, -0.2) is 40.1 Å². The van der Waals surface area contributed by atoms with Gasteiger partial charge in [0, 0.05) is 31.9 Å². The van der Waals surface area contributed by atoms with E-state index in [1.54, 1.807) is 17.3 Å². The van der Waals surface area contributed by atoms with Gasteiger partial charge in [0.15, 0.2) is 0 Å². The molecule has 1 fully saturated rings. The fourth-order valence-corrected chi connectivity index (χ4v) is 1.92. The van der Waals surface area contributed by atoms with Gasteiger partial charge in [-0.25, -0.2) is 0 Å². The maximum Gasteiger partial charge on any atom is 0.222 e. The molecule has 0 aliphatic carbocycles. The third-order valence-electron chi connectivity index (χ3n) is 2.87. The molecule has 0 radical (unpaired) electrons. The molecular formula is C12H16N2O2. The highest BCUT2D eigenvalue weighted by Gasteiger charge is 2.23. The zero-order chi connectivity index (χ0) is 11.4. The maximum absolute atomic E-state index is 11.8. The van der Waals surface area contributed by atoms with Crippen LogP contribution in [0.2, 0.25) is 0 Å². The molecule has 16 heavy (non-hydrogen) atoms. The summed E-state index contributed by atoms with van der Waals surface area (Å²) in [7, 11) is 0. The Labute approximate surface area is 94.9 Å². The Kier molecular flexibility index (Phi) is 3.51. The Bertz CT molecular complexity index is 353. The summed E-state index contributed by atoms with van der Waals surface area (Å²) < 4.78 is 0. The van der Waals surface area contributed by atoms with Crippen molar-refractivity contribution in [3.8, 4) is 0 Å². The van der Waals surface area contributed by atoms with Gasteiger partial charge in [-0.1, -0.05) is 6.07 Å². The predicted molar refractivity (Wildman–Crippen MR) is 59.8 cm³/mol. The number of hydrogen-bond acceptors (Lipinski definition) is 3. The topological polar surface area (TPSA) is 53.4 Å². The van der Waals surface area contributed by atoms with Crippen LogP contribution in [0, 0.1) is 0 Å². The molecule has 0 aromatic carbocycles. The molecule has 1 saturated heterocycles. The minimum absolute atomic E-state index is 0.125. The predicted octanol–water partition coefficient (Wildman–Crippen LogP) is 0.607. The van der Waals surface area contributed by atoms with Gasteiger partial charge in [-0.3, -0.25) is 9.78 Å². The van der Waals surface area contributed by atoms with E-state index in [1.807, 2.05) is 12.1 Å². The maximum atomic E-state index is 11.8. The smallest absolute Gasteiger partial charge is 0.222 e. The van der Waals surface area contributed by atoms with Crippen LogP contribution < -0.4 is 0 Å². The van der Waals surface area contributed by atoms with Crippen molar-refractivity contribution in [1.82, 2.24) is 9.88 Å². The first kappa shape index (κ1) is 11.1. The first-order valence-electron chi connectivity index (χ1n) is 5.60. The molecule has 4 heteroatoms. The number of aryl methyl sites for hydroxylation is 1. The van der Waals surface area contributed by atoms with Crippen molar-refractivity contribution in [2.24, 2.45) is 0 Å². The number of pyridine rings is 1. The lowest BCUT2D eigenvalue weighted by molar-refractivity contribution is -0.130. The molecular weight excluding hydrogens is 204 g/mol. The lowest BCUT2D eigenvalue weighted by Crippen LogP contribution is -2.29. The molecule has 2 heterocycles. The third kappa shape index (κ3) is 2.79. The van der Waals surface area contributed by atoms with E-state index in [4.69, 9.17) is 0 Å². The van der Waals surface area contributed by atoms with Crippen molar-refractivity contribution in [3.05, 3.63) is 30.1 Å². The average Bonchev–Trinajstić information content (AvgIpc) is 2.74. The quantitative estimate of drug-likeness (QED) is 0.812. The van der Waals surface area contributed by atoms with Crippen LogP contribution in [-0.2, 0) is 11.2 Å². The number of aliphatic hydroxyl groups is 1. The fraction of sp³-hybridized carbons (Fsp3) is 0.500. The first-order valence-corrected chi connectivity index (χ1v) is 5.60. The number of nitrogens with zero attached hydrogens (tertiary/aromatic N) is 2. The van der Waals surface area contributed by atoms with E-state index >= 15 is 0 Å². The number of likely N-dealkylation sites (tertiary alicyclic amines) is 1. The number of rotatable bonds is 3. The van der Waals surface area contributed by atoms with Crippen LogP contribution in [0.5, 0.6) is 0 Å². The van der Waals surface area contributed by atoms with Crippen molar-refractivity contribution in [2.75, 3.05) is 13.1 Å². The monoisotopic (exact) mass is 220 g/mol. The molecule has 0 unspecified atom stereocenters. The van der Waals surface area contributed by atoms with Crippen LogP contribution in [0.3, 0.4) is 0 Å². The SMILES string of the molecule is O=C(CCc1cccnc1)N1CC[C@H](O)C1. The average molecular weight is 220 g/mol. The number of aliphatic hydroxyl groups excluding tert-OH is 1. The highest BCUT2D eigenvalue weighted by molar-refractivity contribution is 5.76. The van der Waals surface area contributed by atoms with Crippen molar-refractivity contribution in [3.63, 3.8) is 0 Å². The fourth-order valence-electron chi connectivity index (χ4n) is 1.92. The zero-order valence-corrected chi connectivity index (χ0v) is 9.17. The molecule has 86 valence electrons. The van der Waals surface area contributed by atoms with Gasteiger partial charge in [0.2, 0.25) is 5.91 Å². The second kappa shape index (κ2) is 5.07. The van der Waals surface area contributed by atoms with Crippen molar-refractivity contribution < 1.29 is 9.90 Å². The van der Waals surface area contributed by atoms with Gasteiger partial charge in [-0.2, -0.15) is 0 Å². The standard InChI is InChI=1S/C12H16N2O2/c15-11-5-7-14(9-11)12(16)4-3-10-2-1-6-13-8-10/h1-2,6,8,11,15H,3-5,7,9H2/t11-/m0/s1. The van der Waals surface area contributed by atoms with Gasteiger partial charge < -0.3 is 10.0 Å². The second-order valence-electron chi connectivity index (χ2n) is 4.14. The Morgan fingerprint density at radius 1 is 1.62 bits per heavy atom. The lowest BCUT2D eigenvalue weighted by Gasteiger charge is -2.15. The summed E-state index contributed by atoms with van der Waals surface area (Å²) in [6.07, 6.45) is 5.10. The molecule has 4 nitrogen and oxygen atoms in total. The summed E-state index contributed by atoms with van der Waals surface area (Å²) in [6.45, 7) is 1.18. The Morgan fingerprint density at radius 3 is 3.12 bits per heavy atom. The van der Waals surface area contributed by atoms with Crippen LogP contribution in [0.1, 0.15) is 18.4 Å². The van der Waals surface area contributed by atoms with Gasteiger partial charge in [-0.15, -0.1) is 0 Å². The van der Waals surface area contributed by atoms with Crippen LogP contribution in [0.15, 0.2) is 24.5 Å². The molecule has 0 spiro atoms. The number of carbonyl (C=O) groups excluding carboxylic acids is 1. The highest BCUT2D eigenvalue weighted by Crippen LogP contribution is 2.11. The Hall–Kier alpha value is -1.42. The van der Waals surface area contributed by atoms with E-state index in [1.165, 1.54) is 0 Å². The van der Waals surface area contributed by atoms with Gasteiger partial charge >= 0.3 is 0 Å². The summed E-state index contributed by atoms with van der Waals surface area (Å²) in [6, 6.07) is 3.85. The number of carbonyl (C=O) groups is 1. The molecule has 0 bridgehead atoms. The van der Waals surface area contributed by atoms with Crippen molar-refractivity contribution >= 4 is 5.91 Å². The van der Waals surface area contributed by atoms with E-state index in [0.717, 1.165) is 12.0 Å². The number of aromatic nitrogens is 1. The summed E-state index contributed by atoms with van der Waals surface area (Å²) in [4.78, 5) is 17.5. The van der Waals surface area contributed by atoms with Crippen LogP contribution in [0.4, 0.5) is 0 Å². The summed E-state index contributed by atoms with van der Waals surface area (Å²) in [5.74, 6) is 0.125. The lowest BCUT2D eigenvalue weighted by atomic mass is 10.1. The molecule has 1 amide bonds. The third-order valence-corrected chi connectivity index (χ3v) is 2.87. The molecule has 1 aromatic rings. The van der Waals surface area contributed by atoms with Crippen LogP contribution in [0.25, 0.3) is 0 Å². The molecule has 1 aliphatic rings. The Morgan fingerprint density at radius 2 is 2.50 bits per heavy atom. The van der Waals surface area contributed by atoms with Gasteiger partial charge in [0.25, 0.3) is 0 Å². The summed E-state index contributed by atoms with van der Waals surface area (Å²) in [5, 5.41) is 9.33. The summed E-state index contributed by atoms with van der Waals surface area (Å²) >= 11 is 0. The molecule has 1 atom stereocenters. The second-order valence-corrected chi connectivity index (χ2v) is 4.14. The number of hydrogen-bond donors (Lipinski definition) is 1. The van der Waals surface area contributed by atoms with E-state index in [2.05, 4.69) is 4.98 Å². The molecule has 1 N–H and O–H groups in total. The number of β-amino-alcohol motifs (C(OH)–C–C–N with tert-alkyl or cyclic N) is 1. The van der Waals surface area contributed by atoms with E-state index in [0.29, 0.717) is 25.9 Å². The zero-order valence-electron chi connectivity index (χ0n) is 9.17. The molecule has 0 saturated carbocycles. The van der Waals surface area contributed by atoms with E-state index in [-0.39, 0.29) is 12.0 Å². The minimum Gasteiger partial charge on any atom is -0.391 e. The largest absolute Gasteiger partial charge is 0.391 e. The van der Waals surface area contributed by atoms with Crippen molar-refractivity contribution in [1.29, 1.82) is 0 Å². The van der Waals surface area contributed by atoms with Crippen molar-refractivity contribution in [2.45, 2.75) is 25.4 Å². The van der Waals surface area contributed by atoms with Crippen LogP contribution >= 0.6 is 0 Å². The van der Waals surface area contributed by atoms with Gasteiger partial charge in [0.1, 0.15) is 0 Å². The van der Waals surface area contributed by atoms with E-state index < -0.39 is 0 Å². The normalized spacial score (nSPS) is 20.1. The molecule has 2 rings (SSSR count). The molecule has 1 aliphatic heterocycles. The van der Waals surface area contributed by atoms with Gasteiger partial charge in [0.05, 0.1) is 6.10 Å². The summed E-state index contributed by atoms with van der Waals surface area (Å²) in [5.41, 5.74) is 1.08. The first-order chi connectivity index (χ1) is 7.75.